The van der Waals surface area contributed by atoms with Crippen molar-refractivity contribution in [3.05, 3.63) is 0 Å². The van der Waals surface area contributed by atoms with Crippen molar-refractivity contribution in [2.24, 2.45) is 5.73 Å². The number of thiocarbonyl (C=S) groups is 1. The summed E-state index contributed by atoms with van der Waals surface area (Å²) in [6, 6.07) is 0.300. The second-order valence-electron chi connectivity index (χ2n) is 5.75. The molecule has 116 valence electrons. The molecule has 3 N–H and O–H groups in total. The molecule has 0 spiro atoms. The number of carbonyl (C=O) groups is 1. The van der Waals surface area contributed by atoms with E-state index in [0.29, 0.717) is 17.6 Å². The molecule has 1 unspecified atom stereocenters. The Bertz CT molecular complexity index is 316. The molecule has 1 saturated carbocycles. The molecule has 0 radical (unpaired) electrons. The number of nitrogens with one attached hydrogen (secondary N) is 1. The molecule has 1 amide bonds. The van der Waals surface area contributed by atoms with Crippen molar-refractivity contribution in [2.75, 3.05) is 13.1 Å². The Morgan fingerprint density at radius 2 is 2.05 bits per heavy atom. The Kier molecular flexibility index (Phi) is 8.07. The SMILES string of the molecule is CCCCCNC(=O)C(C)N(CC(N)=S)C1CCCC1. The molecule has 0 aromatic rings. The van der Waals surface area contributed by atoms with E-state index in [1.807, 2.05) is 6.92 Å². The highest BCUT2D eigenvalue weighted by Crippen LogP contribution is 2.25. The van der Waals surface area contributed by atoms with E-state index in [1.54, 1.807) is 0 Å². The Morgan fingerprint density at radius 3 is 2.60 bits per heavy atom. The number of rotatable bonds is 9. The van der Waals surface area contributed by atoms with Gasteiger partial charge in [0.1, 0.15) is 0 Å². The first kappa shape index (κ1) is 17.4. The molecule has 1 atom stereocenters. The molecule has 20 heavy (non-hydrogen) atoms. The van der Waals surface area contributed by atoms with Crippen molar-refractivity contribution in [1.82, 2.24) is 10.2 Å². The fraction of sp³-hybridized carbons (Fsp3) is 0.867. The Balaban J connectivity index is 2.50. The average molecular weight is 299 g/mol. The van der Waals surface area contributed by atoms with Crippen molar-refractivity contribution in [1.29, 1.82) is 0 Å². The lowest BCUT2D eigenvalue weighted by Crippen LogP contribution is -2.51. The van der Waals surface area contributed by atoms with Crippen LogP contribution in [-0.4, -0.2) is 41.0 Å². The molecule has 0 saturated heterocycles. The van der Waals surface area contributed by atoms with Crippen molar-refractivity contribution < 1.29 is 4.79 Å². The van der Waals surface area contributed by atoms with Crippen molar-refractivity contribution >= 4 is 23.1 Å². The monoisotopic (exact) mass is 299 g/mol. The highest BCUT2D eigenvalue weighted by atomic mass is 32.1. The van der Waals surface area contributed by atoms with E-state index in [9.17, 15) is 4.79 Å². The van der Waals surface area contributed by atoms with Crippen LogP contribution in [0.4, 0.5) is 0 Å². The third-order valence-corrected chi connectivity index (χ3v) is 4.22. The maximum absolute atomic E-state index is 12.2. The molecule has 4 nitrogen and oxygen atoms in total. The smallest absolute Gasteiger partial charge is 0.237 e. The van der Waals surface area contributed by atoms with Gasteiger partial charge in [0.2, 0.25) is 5.91 Å². The minimum atomic E-state index is -0.152. The number of carbonyl (C=O) groups excluding carboxylic acids is 1. The summed E-state index contributed by atoms with van der Waals surface area (Å²) in [7, 11) is 0. The molecule has 0 bridgehead atoms. The van der Waals surface area contributed by atoms with Crippen LogP contribution in [0.1, 0.15) is 58.8 Å². The third-order valence-electron chi connectivity index (χ3n) is 4.09. The first-order valence-electron chi connectivity index (χ1n) is 7.88. The average Bonchev–Trinajstić information content (AvgIpc) is 2.93. The predicted octanol–water partition coefficient (Wildman–Crippen LogP) is 2.21. The number of unbranched alkanes of at least 4 members (excludes halogenated alkanes) is 2. The zero-order valence-corrected chi connectivity index (χ0v) is 13.7. The van der Waals surface area contributed by atoms with Gasteiger partial charge in [-0.25, -0.2) is 0 Å². The van der Waals surface area contributed by atoms with E-state index in [0.717, 1.165) is 32.2 Å². The standard InChI is InChI=1S/C15H29N3OS/c1-3-4-7-10-17-15(19)12(2)18(11-14(16)20)13-8-5-6-9-13/h12-13H,3-11H2,1-2H3,(H2,16,20)(H,17,19). The van der Waals surface area contributed by atoms with Gasteiger partial charge < -0.3 is 11.1 Å². The van der Waals surface area contributed by atoms with E-state index in [4.69, 9.17) is 18.0 Å². The van der Waals surface area contributed by atoms with E-state index in [-0.39, 0.29) is 11.9 Å². The summed E-state index contributed by atoms with van der Waals surface area (Å²) >= 11 is 5.04. The van der Waals surface area contributed by atoms with Gasteiger partial charge in [-0.15, -0.1) is 0 Å². The number of nitrogens with two attached hydrogens (primary N) is 1. The summed E-state index contributed by atoms with van der Waals surface area (Å²) in [5, 5.41) is 3.03. The number of hydrogen-bond acceptors (Lipinski definition) is 3. The Labute approximate surface area is 128 Å². The van der Waals surface area contributed by atoms with Gasteiger partial charge in [0, 0.05) is 19.1 Å². The van der Waals surface area contributed by atoms with E-state index in [1.165, 1.54) is 19.3 Å². The van der Waals surface area contributed by atoms with Crippen molar-refractivity contribution in [2.45, 2.75) is 70.9 Å². The molecular formula is C15H29N3OS. The van der Waals surface area contributed by atoms with Crippen LogP contribution in [0.3, 0.4) is 0 Å². The van der Waals surface area contributed by atoms with E-state index < -0.39 is 0 Å². The second kappa shape index (κ2) is 9.29. The summed E-state index contributed by atoms with van der Waals surface area (Å²) in [5.74, 6) is 0.101. The molecule has 0 heterocycles. The number of hydrogen-bond donors (Lipinski definition) is 2. The minimum Gasteiger partial charge on any atom is -0.392 e. The molecule has 0 aromatic carbocycles. The van der Waals surface area contributed by atoms with Gasteiger partial charge in [-0.1, -0.05) is 44.8 Å². The summed E-state index contributed by atoms with van der Waals surface area (Å²) in [6.45, 7) is 5.44. The highest BCUT2D eigenvalue weighted by molar-refractivity contribution is 7.80. The molecule has 1 aliphatic carbocycles. The Morgan fingerprint density at radius 1 is 1.40 bits per heavy atom. The van der Waals surface area contributed by atoms with Gasteiger partial charge in [0.15, 0.2) is 0 Å². The molecular weight excluding hydrogens is 270 g/mol. The van der Waals surface area contributed by atoms with Gasteiger partial charge in [-0.3, -0.25) is 9.69 Å². The lowest BCUT2D eigenvalue weighted by atomic mass is 10.1. The van der Waals surface area contributed by atoms with Gasteiger partial charge in [0.25, 0.3) is 0 Å². The molecule has 1 fully saturated rings. The largest absolute Gasteiger partial charge is 0.392 e. The van der Waals surface area contributed by atoms with Crippen LogP contribution in [-0.2, 0) is 4.79 Å². The lowest BCUT2D eigenvalue weighted by molar-refractivity contribution is -0.126. The molecule has 1 rings (SSSR count). The normalized spacial score (nSPS) is 17.4. The third kappa shape index (κ3) is 5.75. The van der Waals surface area contributed by atoms with Crippen LogP contribution >= 0.6 is 12.2 Å². The van der Waals surface area contributed by atoms with Crippen LogP contribution in [0.25, 0.3) is 0 Å². The van der Waals surface area contributed by atoms with E-state index in [2.05, 4.69) is 17.1 Å². The Hall–Kier alpha value is -0.680. The van der Waals surface area contributed by atoms with Crippen molar-refractivity contribution in [3.63, 3.8) is 0 Å². The molecule has 1 aliphatic rings. The summed E-state index contributed by atoms with van der Waals surface area (Å²) in [4.78, 5) is 14.9. The second-order valence-corrected chi connectivity index (χ2v) is 6.28. The fourth-order valence-electron chi connectivity index (χ4n) is 2.88. The van der Waals surface area contributed by atoms with Gasteiger partial charge in [0.05, 0.1) is 11.0 Å². The number of nitrogens with zero attached hydrogens (tertiary/aromatic N) is 1. The number of amides is 1. The first-order valence-corrected chi connectivity index (χ1v) is 8.28. The lowest BCUT2D eigenvalue weighted by Gasteiger charge is -2.33. The highest BCUT2D eigenvalue weighted by Gasteiger charge is 2.30. The fourth-order valence-corrected chi connectivity index (χ4v) is 3.03. The van der Waals surface area contributed by atoms with Crippen LogP contribution < -0.4 is 11.1 Å². The first-order chi connectivity index (χ1) is 9.56. The molecule has 0 aliphatic heterocycles. The van der Waals surface area contributed by atoms with Crippen molar-refractivity contribution in [3.8, 4) is 0 Å². The quantitative estimate of drug-likeness (QED) is 0.506. The zero-order valence-electron chi connectivity index (χ0n) is 12.9. The van der Waals surface area contributed by atoms with E-state index >= 15 is 0 Å². The molecule has 5 heteroatoms. The maximum atomic E-state index is 12.2. The van der Waals surface area contributed by atoms with Gasteiger partial charge in [-0.2, -0.15) is 0 Å². The zero-order chi connectivity index (χ0) is 15.0. The van der Waals surface area contributed by atoms with Crippen LogP contribution in [0.5, 0.6) is 0 Å². The van der Waals surface area contributed by atoms with Gasteiger partial charge in [-0.05, 0) is 26.2 Å². The van der Waals surface area contributed by atoms with Crippen LogP contribution in [0, 0.1) is 0 Å². The molecule has 0 aromatic heterocycles. The summed E-state index contributed by atoms with van der Waals surface area (Å²) in [5.41, 5.74) is 5.70. The van der Waals surface area contributed by atoms with Gasteiger partial charge >= 0.3 is 0 Å². The maximum Gasteiger partial charge on any atom is 0.237 e. The minimum absolute atomic E-state index is 0.101. The van der Waals surface area contributed by atoms with Crippen LogP contribution in [0.2, 0.25) is 0 Å². The topological polar surface area (TPSA) is 58.4 Å². The summed E-state index contributed by atoms with van der Waals surface area (Å²) in [6.07, 6.45) is 8.15. The van der Waals surface area contributed by atoms with Crippen LogP contribution in [0.15, 0.2) is 0 Å². The predicted molar refractivity (Wildman–Crippen MR) is 87.7 cm³/mol. The summed E-state index contributed by atoms with van der Waals surface area (Å²) < 4.78 is 0.